The molecule has 31 heavy (non-hydrogen) atoms. The van der Waals surface area contributed by atoms with Gasteiger partial charge in [0.1, 0.15) is 5.75 Å². The van der Waals surface area contributed by atoms with Gasteiger partial charge >= 0.3 is 5.97 Å². The summed E-state index contributed by atoms with van der Waals surface area (Å²) in [5, 5.41) is 23.2. The molecule has 0 aliphatic heterocycles. The van der Waals surface area contributed by atoms with Crippen molar-refractivity contribution in [3.05, 3.63) is 88.4 Å². The molecule has 0 saturated carbocycles. The van der Waals surface area contributed by atoms with Gasteiger partial charge < -0.3 is 20.3 Å². The zero-order valence-corrected chi connectivity index (χ0v) is 18.6. The van der Waals surface area contributed by atoms with E-state index in [0.717, 1.165) is 35.2 Å². The van der Waals surface area contributed by atoms with E-state index in [0.29, 0.717) is 17.3 Å². The number of carboxylic acids is 1. The van der Waals surface area contributed by atoms with E-state index < -0.39 is 12.1 Å². The molecule has 0 fully saturated rings. The minimum atomic E-state index is -0.983. The Hall–Kier alpha value is -2.57. The summed E-state index contributed by atoms with van der Waals surface area (Å²) >= 11 is 5.96. The number of rotatable bonds is 9. The molecule has 0 unspecified atom stereocenters. The fraction of sp³-hybridized carbons (Fsp3) is 0.208. The van der Waals surface area contributed by atoms with Gasteiger partial charge in [0.15, 0.2) is 0 Å². The lowest BCUT2D eigenvalue weighted by Gasteiger charge is -2.13. The van der Waals surface area contributed by atoms with Gasteiger partial charge in [0.2, 0.25) is 0 Å². The maximum absolute atomic E-state index is 11.1. The van der Waals surface area contributed by atoms with Gasteiger partial charge in [-0.25, -0.2) is 4.79 Å². The maximum Gasteiger partial charge on any atom is 0.335 e. The number of aromatic carboxylic acids is 1. The fourth-order valence-corrected chi connectivity index (χ4v) is 3.42. The molecule has 0 radical (unpaired) electrons. The SMILES string of the molecule is COc1cc(C(=O)O)ccc1-c1ccc(CCNC[C@H](O)c2cccc(Cl)c2)cc1.Cl. The van der Waals surface area contributed by atoms with Crippen LogP contribution in [0, 0.1) is 0 Å². The second-order valence-electron chi connectivity index (χ2n) is 6.94. The number of nitrogens with one attached hydrogen (secondary N) is 1. The van der Waals surface area contributed by atoms with E-state index in [2.05, 4.69) is 5.32 Å². The standard InChI is InChI=1S/C24H24ClNO4.ClH/c1-30-23-14-19(24(28)29)9-10-21(23)17-7-5-16(6-8-17)11-12-26-15-22(27)18-3-2-4-20(25)13-18;/h2-10,13-14,22,26-27H,11-12,15H2,1H3,(H,28,29);1H/t22-;/m0./s1. The molecule has 0 aliphatic carbocycles. The van der Waals surface area contributed by atoms with Crippen molar-refractivity contribution in [1.29, 1.82) is 0 Å². The number of benzene rings is 3. The number of aliphatic hydroxyl groups excluding tert-OH is 1. The van der Waals surface area contributed by atoms with E-state index in [1.54, 1.807) is 24.3 Å². The van der Waals surface area contributed by atoms with Crippen LogP contribution in [0.4, 0.5) is 0 Å². The Balaban J connectivity index is 0.00000341. The molecule has 7 heteroatoms. The van der Waals surface area contributed by atoms with Crippen molar-refractivity contribution in [2.75, 3.05) is 20.2 Å². The highest BCUT2D eigenvalue weighted by atomic mass is 35.5. The molecule has 0 aromatic heterocycles. The minimum absolute atomic E-state index is 0. The molecular formula is C24H25Cl2NO4. The fourth-order valence-electron chi connectivity index (χ4n) is 3.22. The first-order valence-electron chi connectivity index (χ1n) is 9.63. The predicted molar refractivity (Wildman–Crippen MR) is 126 cm³/mol. The van der Waals surface area contributed by atoms with Crippen LogP contribution in [0.15, 0.2) is 66.7 Å². The van der Waals surface area contributed by atoms with Gasteiger partial charge in [0, 0.05) is 17.1 Å². The van der Waals surface area contributed by atoms with Crippen molar-refractivity contribution in [1.82, 2.24) is 5.32 Å². The number of ether oxygens (including phenoxy) is 1. The molecule has 0 spiro atoms. The molecule has 0 heterocycles. The quantitative estimate of drug-likeness (QED) is 0.390. The normalized spacial score (nSPS) is 11.5. The largest absolute Gasteiger partial charge is 0.496 e. The van der Waals surface area contributed by atoms with Crippen LogP contribution in [0.2, 0.25) is 5.02 Å². The number of aliphatic hydroxyl groups is 1. The van der Waals surface area contributed by atoms with Crippen LogP contribution in [-0.2, 0) is 6.42 Å². The van der Waals surface area contributed by atoms with E-state index in [1.807, 2.05) is 36.4 Å². The summed E-state index contributed by atoms with van der Waals surface area (Å²) in [6.45, 7) is 1.18. The van der Waals surface area contributed by atoms with Gasteiger partial charge in [-0.05, 0) is 60.0 Å². The van der Waals surface area contributed by atoms with Crippen molar-refractivity contribution in [2.45, 2.75) is 12.5 Å². The monoisotopic (exact) mass is 461 g/mol. The van der Waals surface area contributed by atoms with Crippen molar-refractivity contribution in [3.63, 3.8) is 0 Å². The van der Waals surface area contributed by atoms with Gasteiger partial charge in [0.05, 0.1) is 18.8 Å². The third kappa shape index (κ3) is 6.71. The van der Waals surface area contributed by atoms with E-state index in [9.17, 15) is 9.90 Å². The van der Waals surface area contributed by atoms with Crippen LogP contribution in [0.1, 0.15) is 27.6 Å². The molecule has 0 amide bonds. The Bertz CT molecular complexity index is 1010. The van der Waals surface area contributed by atoms with Crippen molar-refractivity contribution in [2.24, 2.45) is 0 Å². The Morgan fingerprint density at radius 2 is 1.84 bits per heavy atom. The van der Waals surface area contributed by atoms with Crippen LogP contribution in [0.3, 0.4) is 0 Å². The lowest BCUT2D eigenvalue weighted by molar-refractivity contribution is 0.0696. The van der Waals surface area contributed by atoms with Crippen molar-refractivity contribution < 1.29 is 19.7 Å². The first-order valence-corrected chi connectivity index (χ1v) is 10.0. The summed E-state index contributed by atoms with van der Waals surface area (Å²) in [5.41, 5.74) is 3.94. The molecule has 3 N–H and O–H groups in total. The van der Waals surface area contributed by atoms with Gasteiger partial charge in [-0.1, -0.05) is 48.0 Å². The van der Waals surface area contributed by atoms with E-state index in [4.69, 9.17) is 21.4 Å². The number of methoxy groups -OCH3 is 1. The predicted octanol–water partition coefficient (Wildman–Crippen LogP) is 5.00. The van der Waals surface area contributed by atoms with E-state index in [-0.39, 0.29) is 18.0 Å². The van der Waals surface area contributed by atoms with Gasteiger partial charge in [0.25, 0.3) is 0 Å². The lowest BCUT2D eigenvalue weighted by Crippen LogP contribution is -2.23. The molecular weight excluding hydrogens is 437 g/mol. The summed E-state index contributed by atoms with van der Waals surface area (Å²) in [4.78, 5) is 11.1. The molecule has 0 aliphatic rings. The molecule has 0 saturated heterocycles. The molecule has 0 bridgehead atoms. The van der Waals surface area contributed by atoms with Crippen molar-refractivity contribution in [3.8, 4) is 16.9 Å². The average molecular weight is 462 g/mol. The molecule has 3 rings (SSSR count). The summed E-state index contributed by atoms with van der Waals surface area (Å²) < 4.78 is 5.36. The van der Waals surface area contributed by atoms with Crippen LogP contribution >= 0.6 is 24.0 Å². The smallest absolute Gasteiger partial charge is 0.335 e. The Morgan fingerprint density at radius 3 is 2.48 bits per heavy atom. The molecule has 1 atom stereocenters. The Morgan fingerprint density at radius 1 is 1.10 bits per heavy atom. The van der Waals surface area contributed by atoms with Crippen LogP contribution < -0.4 is 10.1 Å². The highest BCUT2D eigenvalue weighted by Gasteiger charge is 2.11. The van der Waals surface area contributed by atoms with Crippen LogP contribution in [0.25, 0.3) is 11.1 Å². The van der Waals surface area contributed by atoms with Gasteiger partial charge in [-0.3, -0.25) is 0 Å². The number of halogens is 2. The zero-order chi connectivity index (χ0) is 21.5. The van der Waals surface area contributed by atoms with Gasteiger partial charge in [-0.15, -0.1) is 12.4 Å². The summed E-state index contributed by atoms with van der Waals surface area (Å²) in [5.74, 6) is -0.456. The third-order valence-electron chi connectivity index (χ3n) is 4.88. The molecule has 164 valence electrons. The van der Waals surface area contributed by atoms with Crippen LogP contribution in [0.5, 0.6) is 5.75 Å². The first kappa shape index (κ1) is 24.7. The maximum atomic E-state index is 11.1. The average Bonchev–Trinajstić information content (AvgIpc) is 2.76. The topological polar surface area (TPSA) is 78.8 Å². The third-order valence-corrected chi connectivity index (χ3v) is 5.11. The number of carbonyl (C=O) groups is 1. The van der Waals surface area contributed by atoms with Crippen LogP contribution in [-0.4, -0.2) is 36.4 Å². The van der Waals surface area contributed by atoms with Crippen molar-refractivity contribution >= 4 is 30.0 Å². The number of hydrogen-bond donors (Lipinski definition) is 3. The molecule has 3 aromatic carbocycles. The van der Waals surface area contributed by atoms with E-state index in [1.165, 1.54) is 13.2 Å². The highest BCUT2D eigenvalue weighted by molar-refractivity contribution is 6.30. The Kier molecular flexibility index (Phi) is 9.34. The zero-order valence-electron chi connectivity index (χ0n) is 17.0. The molecule has 5 nitrogen and oxygen atoms in total. The molecule has 3 aromatic rings. The second kappa shape index (κ2) is 11.7. The van der Waals surface area contributed by atoms with Gasteiger partial charge in [-0.2, -0.15) is 0 Å². The lowest BCUT2D eigenvalue weighted by atomic mass is 10.0. The number of carboxylic acid groups (broad SMARTS) is 1. The van der Waals surface area contributed by atoms with E-state index >= 15 is 0 Å². The Labute approximate surface area is 193 Å². The number of hydrogen-bond acceptors (Lipinski definition) is 4. The second-order valence-corrected chi connectivity index (χ2v) is 7.38. The summed E-state index contributed by atoms with van der Waals surface area (Å²) in [6, 6.07) is 20.2. The first-order chi connectivity index (χ1) is 14.5. The highest BCUT2D eigenvalue weighted by Crippen LogP contribution is 2.31. The summed E-state index contributed by atoms with van der Waals surface area (Å²) in [7, 11) is 1.53. The summed E-state index contributed by atoms with van der Waals surface area (Å²) in [6.07, 6.45) is 0.213. The minimum Gasteiger partial charge on any atom is -0.496 e.